The average Bonchev–Trinajstić information content (AvgIpc) is 2.33. The molecule has 0 aromatic heterocycles. The molecule has 0 aliphatic carbocycles. The minimum atomic E-state index is 0.395. The predicted octanol–water partition coefficient (Wildman–Crippen LogP) is 2.78. The van der Waals surface area contributed by atoms with E-state index in [0.717, 1.165) is 11.3 Å². The fourth-order valence-corrected chi connectivity index (χ4v) is 0.741. The summed E-state index contributed by atoms with van der Waals surface area (Å²) < 4.78 is 10.6. The highest BCUT2D eigenvalue weighted by Crippen LogP contribution is 2.25. The van der Waals surface area contributed by atoms with Crippen LogP contribution < -0.4 is 0 Å². The van der Waals surface area contributed by atoms with Gasteiger partial charge in [0.25, 0.3) is 5.95 Å². The van der Waals surface area contributed by atoms with E-state index in [0.29, 0.717) is 11.9 Å². The third kappa shape index (κ3) is 1.76. The van der Waals surface area contributed by atoms with Crippen LogP contribution in [0.5, 0.6) is 0 Å². The van der Waals surface area contributed by atoms with Crippen LogP contribution in [0.4, 0.5) is 0 Å². The molecule has 1 aliphatic rings. The molecule has 0 bridgehead atoms. The van der Waals surface area contributed by atoms with Crippen LogP contribution in [0.3, 0.4) is 0 Å². The average molecular weight is 154 g/mol. The highest BCUT2D eigenvalue weighted by atomic mass is 16.7. The molecular formula is C9H14O2. The lowest BCUT2D eigenvalue weighted by molar-refractivity contribution is 0.171. The van der Waals surface area contributed by atoms with Gasteiger partial charge < -0.3 is 9.47 Å². The molecule has 62 valence electrons. The summed E-state index contributed by atoms with van der Waals surface area (Å²) in [6, 6.07) is 0. The molecule has 0 radical (unpaired) electrons. The molecule has 2 heteroatoms. The van der Waals surface area contributed by atoms with Crippen molar-refractivity contribution in [2.75, 3.05) is 0 Å². The Morgan fingerprint density at radius 3 is 2.27 bits per heavy atom. The van der Waals surface area contributed by atoms with Gasteiger partial charge in [-0.25, -0.2) is 0 Å². The number of hydrogen-bond acceptors (Lipinski definition) is 2. The van der Waals surface area contributed by atoms with Crippen LogP contribution in [-0.4, -0.2) is 0 Å². The fraction of sp³-hybridized carbons (Fsp3) is 0.556. The van der Waals surface area contributed by atoms with E-state index in [1.165, 1.54) is 0 Å². The summed E-state index contributed by atoms with van der Waals surface area (Å²) in [5.41, 5.74) is 1.07. The number of ether oxygens (including phenoxy) is 2. The van der Waals surface area contributed by atoms with Gasteiger partial charge in [0, 0.05) is 11.5 Å². The van der Waals surface area contributed by atoms with Crippen LogP contribution in [0.15, 0.2) is 23.5 Å². The smallest absolute Gasteiger partial charge is 0.288 e. The van der Waals surface area contributed by atoms with Gasteiger partial charge in [-0.3, -0.25) is 0 Å². The maximum Gasteiger partial charge on any atom is 0.288 e. The van der Waals surface area contributed by atoms with Crippen molar-refractivity contribution < 1.29 is 9.47 Å². The molecule has 0 fully saturated rings. The van der Waals surface area contributed by atoms with E-state index in [9.17, 15) is 0 Å². The zero-order valence-electron chi connectivity index (χ0n) is 7.47. The van der Waals surface area contributed by atoms with Gasteiger partial charge >= 0.3 is 0 Å². The molecule has 1 aliphatic heterocycles. The maximum absolute atomic E-state index is 5.40. The van der Waals surface area contributed by atoms with Crippen LogP contribution in [0, 0.1) is 5.92 Å². The van der Waals surface area contributed by atoms with Gasteiger partial charge in [0.1, 0.15) is 12.0 Å². The van der Waals surface area contributed by atoms with Crippen LogP contribution in [0.25, 0.3) is 0 Å². The summed E-state index contributed by atoms with van der Waals surface area (Å²) in [5.74, 6) is 1.93. The molecule has 2 nitrogen and oxygen atoms in total. The largest absolute Gasteiger partial charge is 0.430 e. The van der Waals surface area contributed by atoms with Crippen molar-refractivity contribution >= 4 is 0 Å². The van der Waals surface area contributed by atoms with E-state index >= 15 is 0 Å². The lowest BCUT2D eigenvalue weighted by atomic mass is 10.2. The summed E-state index contributed by atoms with van der Waals surface area (Å²) in [6.07, 6.45) is 1.67. The Morgan fingerprint density at radius 2 is 2.00 bits per heavy atom. The van der Waals surface area contributed by atoms with Gasteiger partial charge in [-0.2, -0.15) is 0 Å². The number of rotatable bonds is 1. The monoisotopic (exact) mass is 154 g/mol. The topological polar surface area (TPSA) is 18.5 Å². The van der Waals surface area contributed by atoms with Gasteiger partial charge in [-0.05, 0) is 13.8 Å². The predicted molar refractivity (Wildman–Crippen MR) is 43.5 cm³/mol. The molecule has 1 heterocycles. The molecule has 0 aromatic carbocycles. The molecule has 0 amide bonds. The first-order valence-electron chi connectivity index (χ1n) is 3.83. The Balaban J connectivity index is 2.64. The van der Waals surface area contributed by atoms with Gasteiger partial charge in [0.05, 0.1) is 0 Å². The van der Waals surface area contributed by atoms with Crippen molar-refractivity contribution in [2.45, 2.75) is 27.7 Å². The van der Waals surface area contributed by atoms with Crippen LogP contribution >= 0.6 is 0 Å². The van der Waals surface area contributed by atoms with Gasteiger partial charge in [0.15, 0.2) is 0 Å². The Bertz CT molecular complexity index is 208. The zero-order valence-corrected chi connectivity index (χ0v) is 7.47. The Hall–Kier alpha value is -0.920. The molecule has 0 N–H and O–H groups in total. The van der Waals surface area contributed by atoms with Crippen molar-refractivity contribution in [1.29, 1.82) is 0 Å². The minimum Gasteiger partial charge on any atom is -0.430 e. The quantitative estimate of drug-likeness (QED) is 0.578. The number of hydrogen-bond donors (Lipinski definition) is 0. The van der Waals surface area contributed by atoms with Crippen molar-refractivity contribution in [2.24, 2.45) is 5.92 Å². The normalized spacial score (nSPS) is 16.1. The molecule has 0 saturated carbocycles. The van der Waals surface area contributed by atoms with Crippen LogP contribution in [-0.2, 0) is 9.47 Å². The molecule has 0 atom stereocenters. The lowest BCUT2D eigenvalue weighted by Gasteiger charge is -2.04. The molecular weight excluding hydrogens is 140 g/mol. The third-order valence-corrected chi connectivity index (χ3v) is 1.47. The van der Waals surface area contributed by atoms with E-state index in [4.69, 9.17) is 9.47 Å². The van der Waals surface area contributed by atoms with Gasteiger partial charge in [-0.1, -0.05) is 13.8 Å². The highest BCUT2D eigenvalue weighted by molar-refractivity contribution is 5.08. The maximum atomic E-state index is 5.40. The van der Waals surface area contributed by atoms with Gasteiger partial charge in [-0.15, -0.1) is 0 Å². The first-order chi connectivity index (χ1) is 5.11. The van der Waals surface area contributed by atoms with Crippen molar-refractivity contribution in [1.82, 2.24) is 0 Å². The van der Waals surface area contributed by atoms with Gasteiger partial charge in [0.2, 0.25) is 0 Å². The first kappa shape index (κ1) is 8.18. The third-order valence-electron chi connectivity index (χ3n) is 1.47. The number of allylic oxidation sites excluding steroid dienone is 2. The zero-order chi connectivity index (χ0) is 8.43. The standard InChI is InChI=1S/C9H14O2/c1-6(2)8-5-10-9(11-8)7(3)4/h5-6H,1-4H3. The molecule has 0 unspecified atom stereocenters. The highest BCUT2D eigenvalue weighted by Gasteiger charge is 2.16. The minimum absolute atomic E-state index is 0.395. The second kappa shape index (κ2) is 2.99. The Labute approximate surface area is 67.5 Å². The first-order valence-corrected chi connectivity index (χ1v) is 3.83. The molecule has 11 heavy (non-hydrogen) atoms. The van der Waals surface area contributed by atoms with E-state index in [-0.39, 0.29) is 0 Å². The van der Waals surface area contributed by atoms with Crippen LogP contribution in [0.2, 0.25) is 0 Å². The van der Waals surface area contributed by atoms with E-state index in [1.807, 2.05) is 13.8 Å². The second-order valence-corrected chi connectivity index (χ2v) is 3.18. The van der Waals surface area contributed by atoms with E-state index in [2.05, 4.69) is 13.8 Å². The van der Waals surface area contributed by atoms with Crippen molar-refractivity contribution in [3.8, 4) is 0 Å². The Kier molecular flexibility index (Phi) is 2.22. The lowest BCUT2D eigenvalue weighted by Crippen LogP contribution is -1.94. The van der Waals surface area contributed by atoms with E-state index in [1.54, 1.807) is 6.26 Å². The summed E-state index contributed by atoms with van der Waals surface area (Å²) >= 11 is 0. The van der Waals surface area contributed by atoms with E-state index < -0.39 is 0 Å². The summed E-state index contributed by atoms with van der Waals surface area (Å²) in [5, 5.41) is 0. The second-order valence-electron chi connectivity index (χ2n) is 3.18. The molecule has 1 rings (SSSR count). The Morgan fingerprint density at radius 1 is 1.36 bits per heavy atom. The molecule has 0 aromatic rings. The summed E-state index contributed by atoms with van der Waals surface area (Å²) in [6.45, 7) is 8.07. The van der Waals surface area contributed by atoms with Crippen LogP contribution in [0.1, 0.15) is 27.7 Å². The molecule has 0 saturated heterocycles. The summed E-state index contributed by atoms with van der Waals surface area (Å²) in [4.78, 5) is 0. The molecule has 0 spiro atoms. The fourth-order valence-electron chi connectivity index (χ4n) is 0.741. The SMILES string of the molecule is CC(C)=C1OC=C(C(C)C)O1. The van der Waals surface area contributed by atoms with Crippen molar-refractivity contribution in [3.05, 3.63) is 23.5 Å². The summed E-state index contributed by atoms with van der Waals surface area (Å²) in [7, 11) is 0. The van der Waals surface area contributed by atoms with Crippen molar-refractivity contribution in [3.63, 3.8) is 0 Å².